The van der Waals surface area contributed by atoms with Crippen LogP contribution in [-0.2, 0) is 0 Å². The average molecular weight is 342 g/mol. The Labute approximate surface area is 155 Å². The van der Waals surface area contributed by atoms with E-state index in [0.29, 0.717) is 10.8 Å². The number of hydrogen-bond acceptors (Lipinski definition) is 1. The van der Waals surface area contributed by atoms with Gasteiger partial charge in [0.2, 0.25) is 0 Å². The lowest BCUT2D eigenvalue weighted by Crippen LogP contribution is -2.52. The second-order valence-electron chi connectivity index (χ2n) is 10.9. The Balaban J connectivity index is 1.40. The molecule has 1 heteroatoms. The molecule has 1 heterocycles. The maximum absolute atomic E-state index is 2.77. The molecule has 0 aromatic rings. The van der Waals surface area contributed by atoms with Crippen LogP contribution < -0.4 is 0 Å². The summed E-state index contributed by atoms with van der Waals surface area (Å²) in [7, 11) is 0. The molecule has 4 fully saturated rings. The minimum atomic E-state index is 0.610. The Morgan fingerprint density at radius 3 is 2.44 bits per heavy atom. The number of likely N-dealkylation sites (tertiary alicyclic amines) is 1. The predicted molar refractivity (Wildman–Crippen MR) is 105 cm³/mol. The molecule has 0 spiro atoms. The molecule has 5 aliphatic rings. The maximum Gasteiger partial charge on any atom is 0.0175 e. The number of allylic oxidation sites excluding steroid dienone is 2. The van der Waals surface area contributed by atoms with E-state index in [1.54, 1.807) is 5.70 Å². The van der Waals surface area contributed by atoms with Crippen molar-refractivity contribution < 1.29 is 0 Å². The van der Waals surface area contributed by atoms with E-state index in [4.69, 9.17) is 0 Å². The van der Waals surface area contributed by atoms with Crippen LogP contribution in [0, 0.1) is 40.4 Å². The normalized spacial score (nSPS) is 52.4. The summed E-state index contributed by atoms with van der Waals surface area (Å²) in [4.78, 5) is 2.72. The van der Waals surface area contributed by atoms with Crippen LogP contribution in [0.4, 0.5) is 0 Å². The van der Waals surface area contributed by atoms with Gasteiger partial charge in [-0.25, -0.2) is 0 Å². The van der Waals surface area contributed by atoms with Gasteiger partial charge >= 0.3 is 0 Å². The topological polar surface area (TPSA) is 3.24 Å². The lowest BCUT2D eigenvalue weighted by Gasteiger charge is -2.60. The highest BCUT2D eigenvalue weighted by molar-refractivity contribution is 5.18. The summed E-state index contributed by atoms with van der Waals surface area (Å²) in [6.07, 6.45) is 17.6. The molecule has 0 unspecified atom stereocenters. The number of fused-ring (bicyclic) bond motifs is 5. The SMILES string of the molecule is C[C@H]1CC[C@H]2[C@@H]3CC[C@H]4C=C(N5CCCC5)CC[C@]4(C)[C@H]3CC[C@]12C. The van der Waals surface area contributed by atoms with Crippen molar-refractivity contribution in [2.75, 3.05) is 13.1 Å². The van der Waals surface area contributed by atoms with E-state index in [1.807, 2.05) is 0 Å². The lowest BCUT2D eigenvalue weighted by atomic mass is 9.45. The third kappa shape index (κ3) is 2.32. The van der Waals surface area contributed by atoms with Crippen molar-refractivity contribution in [3.8, 4) is 0 Å². The van der Waals surface area contributed by atoms with Crippen molar-refractivity contribution in [2.45, 2.75) is 85.0 Å². The molecule has 0 N–H and O–H groups in total. The Hall–Kier alpha value is -0.460. The van der Waals surface area contributed by atoms with Gasteiger partial charge in [0.1, 0.15) is 0 Å². The molecule has 7 atom stereocenters. The molecule has 140 valence electrons. The molecule has 0 radical (unpaired) electrons. The summed E-state index contributed by atoms with van der Waals surface area (Å²) in [5, 5.41) is 0. The van der Waals surface area contributed by atoms with Crippen LogP contribution in [0.3, 0.4) is 0 Å². The maximum atomic E-state index is 2.77. The fourth-order valence-corrected chi connectivity index (χ4v) is 8.37. The second-order valence-corrected chi connectivity index (χ2v) is 10.9. The molecule has 5 rings (SSSR count). The first-order chi connectivity index (χ1) is 12.0. The molecule has 1 nitrogen and oxygen atoms in total. The van der Waals surface area contributed by atoms with E-state index in [2.05, 4.69) is 31.7 Å². The molecule has 1 saturated heterocycles. The zero-order chi connectivity index (χ0) is 17.2. The van der Waals surface area contributed by atoms with Crippen molar-refractivity contribution in [3.63, 3.8) is 0 Å². The fraction of sp³-hybridized carbons (Fsp3) is 0.917. The van der Waals surface area contributed by atoms with Gasteiger partial charge in [-0.3, -0.25) is 0 Å². The Kier molecular flexibility index (Phi) is 3.85. The van der Waals surface area contributed by atoms with E-state index >= 15 is 0 Å². The predicted octanol–water partition coefficient (Wildman–Crippen LogP) is 6.25. The molecule has 0 bridgehead atoms. The third-order valence-electron chi connectivity index (χ3n) is 10.2. The second kappa shape index (κ2) is 5.77. The molecular formula is C24H39N. The summed E-state index contributed by atoms with van der Waals surface area (Å²) < 4.78 is 0. The molecule has 1 aliphatic heterocycles. The Morgan fingerprint density at radius 2 is 1.64 bits per heavy atom. The van der Waals surface area contributed by atoms with Crippen LogP contribution in [-0.4, -0.2) is 18.0 Å². The summed E-state index contributed by atoms with van der Waals surface area (Å²) in [5.41, 5.74) is 3.02. The van der Waals surface area contributed by atoms with Crippen molar-refractivity contribution in [3.05, 3.63) is 11.8 Å². The average Bonchev–Trinajstić information content (AvgIpc) is 3.23. The van der Waals surface area contributed by atoms with Crippen LogP contribution in [0.1, 0.15) is 85.0 Å². The molecule has 0 amide bonds. The quantitative estimate of drug-likeness (QED) is 0.544. The molecule has 25 heavy (non-hydrogen) atoms. The zero-order valence-corrected chi connectivity index (χ0v) is 16.9. The number of hydrogen-bond donors (Lipinski definition) is 0. The fourth-order valence-electron chi connectivity index (χ4n) is 8.37. The highest BCUT2D eigenvalue weighted by Crippen LogP contribution is 2.67. The standard InChI is InChI=1S/C24H39N/c1-17-6-9-21-20-8-7-18-16-19(25-14-4-5-15-25)10-12-24(18,3)22(20)11-13-23(17,21)2/h16-18,20-22H,4-15H2,1-3H3/t17-,18-,20-,21-,22-,23+,24-/m0/s1. The minimum absolute atomic E-state index is 0.610. The van der Waals surface area contributed by atoms with Crippen molar-refractivity contribution >= 4 is 0 Å². The monoisotopic (exact) mass is 341 g/mol. The van der Waals surface area contributed by atoms with Crippen LogP contribution in [0.25, 0.3) is 0 Å². The third-order valence-corrected chi connectivity index (χ3v) is 10.2. The van der Waals surface area contributed by atoms with E-state index in [1.165, 1.54) is 77.3 Å². The Morgan fingerprint density at radius 1 is 0.880 bits per heavy atom. The zero-order valence-electron chi connectivity index (χ0n) is 16.9. The van der Waals surface area contributed by atoms with Crippen molar-refractivity contribution in [1.82, 2.24) is 4.90 Å². The first-order valence-electron chi connectivity index (χ1n) is 11.5. The van der Waals surface area contributed by atoms with Crippen molar-refractivity contribution in [2.24, 2.45) is 40.4 Å². The highest BCUT2D eigenvalue weighted by Gasteiger charge is 2.58. The molecule has 4 aliphatic carbocycles. The van der Waals surface area contributed by atoms with Gasteiger partial charge in [-0.1, -0.05) is 26.8 Å². The molecule has 0 aromatic heterocycles. The van der Waals surface area contributed by atoms with Gasteiger partial charge in [-0.15, -0.1) is 0 Å². The smallest absolute Gasteiger partial charge is 0.0175 e. The van der Waals surface area contributed by atoms with Gasteiger partial charge in [0.05, 0.1) is 0 Å². The summed E-state index contributed by atoms with van der Waals surface area (Å²) in [5.74, 6) is 4.96. The van der Waals surface area contributed by atoms with Crippen molar-refractivity contribution in [1.29, 1.82) is 0 Å². The van der Waals surface area contributed by atoms with E-state index in [0.717, 1.165) is 29.6 Å². The van der Waals surface area contributed by atoms with Crippen LogP contribution >= 0.6 is 0 Å². The first-order valence-corrected chi connectivity index (χ1v) is 11.5. The summed E-state index contributed by atoms with van der Waals surface area (Å²) in [6.45, 7) is 10.6. The summed E-state index contributed by atoms with van der Waals surface area (Å²) in [6, 6.07) is 0. The van der Waals surface area contributed by atoms with Gasteiger partial charge in [0.15, 0.2) is 0 Å². The van der Waals surface area contributed by atoms with E-state index < -0.39 is 0 Å². The highest BCUT2D eigenvalue weighted by atomic mass is 15.1. The van der Waals surface area contributed by atoms with E-state index in [-0.39, 0.29) is 0 Å². The minimum Gasteiger partial charge on any atom is -0.375 e. The van der Waals surface area contributed by atoms with Crippen LogP contribution in [0.15, 0.2) is 11.8 Å². The summed E-state index contributed by atoms with van der Waals surface area (Å²) >= 11 is 0. The molecule has 3 saturated carbocycles. The van der Waals surface area contributed by atoms with Gasteiger partial charge in [0.25, 0.3) is 0 Å². The van der Waals surface area contributed by atoms with Gasteiger partial charge in [-0.2, -0.15) is 0 Å². The van der Waals surface area contributed by atoms with Gasteiger partial charge in [-0.05, 0) is 105 Å². The van der Waals surface area contributed by atoms with Crippen LogP contribution in [0.5, 0.6) is 0 Å². The van der Waals surface area contributed by atoms with E-state index in [9.17, 15) is 0 Å². The number of rotatable bonds is 1. The molecule has 0 aromatic carbocycles. The van der Waals surface area contributed by atoms with Crippen LogP contribution in [0.2, 0.25) is 0 Å². The number of nitrogens with zero attached hydrogens (tertiary/aromatic N) is 1. The first kappa shape index (κ1) is 16.7. The van der Waals surface area contributed by atoms with Gasteiger partial charge in [0, 0.05) is 18.8 Å². The largest absolute Gasteiger partial charge is 0.375 e. The molecular weight excluding hydrogens is 302 g/mol. The Bertz CT molecular complexity index is 558. The lowest BCUT2D eigenvalue weighted by molar-refractivity contribution is -0.0909. The van der Waals surface area contributed by atoms with Gasteiger partial charge < -0.3 is 4.90 Å².